The van der Waals surface area contributed by atoms with Crippen LogP contribution in [0.5, 0.6) is 0 Å². The highest BCUT2D eigenvalue weighted by Crippen LogP contribution is 2.49. The standard InChI is InChI=1S/C10H16O4/c1-9(2)11-5-6(12-9)8-7(5)13-10(3,4)14-8/h5-8H,1-4H3. The second kappa shape index (κ2) is 2.32. The molecule has 0 aromatic carbocycles. The molecule has 4 heteroatoms. The summed E-state index contributed by atoms with van der Waals surface area (Å²) in [7, 11) is 0. The average molecular weight is 200 g/mol. The van der Waals surface area contributed by atoms with Crippen molar-refractivity contribution >= 4 is 0 Å². The van der Waals surface area contributed by atoms with Crippen LogP contribution in [0.2, 0.25) is 0 Å². The number of rotatable bonds is 0. The summed E-state index contributed by atoms with van der Waals surface area (Å²) in [4.78, 5) is 0. The highest BCUT2D eigenvalue weighted by molar-refractivity contribution is 5.10. The maximum atomic E-state index is 5.73. The Bertz CT molecular complexity index is 213. The van der Waals surface area contributed by atoms with E-state index in [0.717, 1.165) is 0 Å². The van der Waals surface area contributed by atoms with Crippen LogP contribution in [0.4, 0.5) is 0 Å². The van der Waals surface area contributed by atoms with Crippen LogP contribution in [-0.2, 0) is 18.9 Å². The molecule has 3 rings (SSSR count). The predicted molar refractivity (Wildman–Crippen MR) is 47.7 cm³/mol. The zero-order chi connectivity index (χ0) is 10.1. The Hall–Kier alpha value is -0.160. The van der Waals surface area contributed by atoms with Gasteiger partial charge in [-0.25, -0.2) is 0 Å². The smallest absolute Gasteiger partial charge is 0.164 e. The van der Waals surface area contributed by atoms with E-state index in [1.165, 1.54) is 0 Å². The minimum Gasteiger partial charge on any atom is -0.342 e. The lowest BCUT2D eigenvalue weighted by Gasteiger charge is -2.37. The van der Waals surface area contributed by atoms with E-state index in [0.29, 0.717) is 0 Å². The maximum Gasteiger partial charge on any atom is 0.164 e. The summed E-state index contributed by atoms with van der Waals surface area (Å²) >= 11 is 0. The molecule has 3 fully saturated rings. The van der Waals surface area contributed by atoms with Crippen LogP contribution in [0, 0.1) is 0 Å². The van der Waals surface area contributed by atoms with Gasteiger partial charge in [-0.2, -0.15) is 0 Å². The normalized spacial score (nSPS) is 52.3. The molecule has 0 aromatic heterocycles. The van der Waals surface area contributed by atoms with Crippen molar-refractivity contribution < 1.29 is 18.9 Å². The molecule has 0 amide bonds. The van der Waals surface area contributed by atoms with Gasteiger partial charge in [0.15, 0.2) is 11.6 Å². The molecule has 0 N–H and O–H groups in total. The Labute approximate surface area is 83.5 Å². The van der Waals surface area contributed by atoms with Crippen molar-refractivity contribution in [2.75, 3.05) is 0 Å². The van der Waals surface area contributed by atoms with Crippen molar-refractivity contribution in [3.8, 4) is 0 Å². The van der Waals surface area contributed by atoms with Gasteiger partial charge in [0, 0.05) is 0 Å². The lowest BCUT2D eigenvalue weighted by Crippen LogP contribution is -2.60. The molecule has 0 bridgehead atoms. The molecule has 2 aliphatic heterocycles. The van der Waals surface area contributed by atoms with E-state index in [4.69, 9.17) is 18.9 Å². The van der Waals surface area contributed by atoms with Gasteiger partial charge in [-0.3, -0.25) is 0 Å². The van der Waals surface area contributed by atoms with E-state index < -0.39 is 11.6 Å². The number of fused-ring (bicyclic) bond motifs is 4. The highest BCUT2D eigenvalue weighted by Gasteiger charge is 2.67. The fourth-order valence-corrected chi connectivity index (χ4v) is 2.51. The minimum atomic E-state index is -0.490. The molecular formula is C10H16O4. The van der Waals surface area contributed by atoms with E-state index in [1.54, 1.807) is 0 Å². The molecule has 2 heterocycles. The van der Waals surface area contributed by atoms with E-state index in [2.05, 4.69) is 0 Å². The monoisotopic (exact) mass is 200 g/mol. The Morgan fingerprint density at radius 3 is 1.00 bits per heavy atom. The van der Waals surface area contributed by atoms with Gasteiger partial charge in [0.25, 0.3) is 0 Å². The highest BCUT2D eigenvalue weighted by atomic mass is 16.8. The molecule has 0 radical (unpaired) electrons. The van der Waals surface area contributed by atoms with Crippen molar-refractivity contribution in [2.45, 2.75) is 63.7 Å². The van der Waals surface area contributed by atoms with Gasteiger partial charge in [0.2, 0.25) is 0 Å². The van der Waals surface area contributed by atoms with E-state index in [1.807, 2.05) is 27.7 Å². The second-order valence-electron chi connectivity index (χ2n) is 5.13. The third kappa shape index (κ3) is 1.08. The van der Waals surface area contributed by atoms with E-state index in [9.17, 15) is 0 Å². The van der Waals surface area contributed by atoms with Gasteiger partial charge in [-0.15, -0.1) is 0 Å². The van der Waals surface area contributed by atoms with Crippen LogP contribution >= 0.6 is 0 Å². The zero-order valence-electron chi connectivity index (χ0n) is 8.94. The topological polar surface area (TPSA) is 36.9 Å². The van der Waals surface area contributed by atoms with Crippen LogP contribution in [0.15, 0.2) is 0 Å². The minimum absolute atomic E-state index is 0.0526. The second-order valence-corrected chi connectivity index (χ2v) is 5.13. The number of hydrogen-bond acceptors (Lipinski definition) is 4. The van der Waals surface area contributed by atoms with Gasteiger partial charge in [0.1, 0.15) is 24.4 Å². The van der Waals surface area contributed by atoms with Gasteiger partial charge >= 0.3 is 0 Å². The Balaban J connectivity index is 1.78. The summed E-state index contributed by atoms with van der Waals surface area (Å²) in [6.07, 6.45) is 0.210. The lowest BCUT2D eigenvalue weighted by molar-refractivity contribution is -0.180. The van der Waals surface area contributed by atoms with Gasteiger partial charge in [-0.05, 0) is 27.7 Å². The van der Waals surface area contributed by atoms with Crippen LogP contribution in [0.25, 0.3) is 0 Å². The average Bonchev–Trinajstić information content (AvgIpc) is 2.46. The van der Waals surface area contributed by atoms with Crippen LogP contribution in [0.3, 0.4) is 0 Å². The molecule has 1 aliphatic carbocycles. The van der Waals surface area contributed by atoms with Crippen molar-refractivity contribution in [1.82, 2.24) is 0 Å². The molecule has 0 aromatic rings. The lowest BCUT2D eigenvalue weighted by atomic mass is 9.85. The first kappa shape index (κ1) is 9.09. The summed E-state index contributed by atoms with van der Waals surface area (Å²) in [6, 6.07) is 0. The van der Waals surface area contributed by atoms with E-state index >= 15 is 0 Å². The molecular weight excluding hydrogens is 184 g/mol. The third-order valence-electron chi connectivity index (χ3n) is 2.97. The molecule has 0 spiro atoms. The summed E-state index contributed by atoms with van der Waals surface area (Å²) < 4.78 is 22.9. The molecule has 14 heavy (non-hydrogen) atoms. The first-order valence-electron chi connectivity index (χ1n) is 5.09. The molecule has 4 nitrogen and oxygen atoms in total. The van der Waals surface area contributed by atoms with Crippen molar-refractivity contribution in [2.24, 2.45) is 0 Å². The summed E-state index contributed by atoms with van der Waals surface area (Å²) in [6.45, 7) is 7.69. The Morgan fingerprint density at radius 2 is 0.786 bits per heavy atom. The molecule has 0 unspecified atom stereocenters. The van der Waals surface area contributed by atoms with E-state index in [-0.39, 0.29) is 24.4 Å². The van der Waals surface area contributed by atoms with Crippen molar-refractivity contribution in [3.63, 3.8) is 0 Å². The van der Waals surface area contributed by atoms with Crippen LogP contribution in [-0.4, -0.2) is 36.0 Å². The van der Waals surface area contributed by atoms with Gasteiger partial charge < -0.3 is 18.9 Å². The summed E-state index contributed by atoms with van der Waals surface area (Å²) in [5.74, 6) is -0.979. The van der Waals surface area contributed by atoms with Gasteiger partial charge in [0.05, 0.1) is 0 Å². The maximum absolute atomic E-state index is 5.73. The first-order valence-corrected chi connectivity index (χ1v) is 5.09. The number of ether oxygens (including phenoxy) is 4. The zero-order valence-corrected chi connectivity index (χ0v) is 8.94. The van der Waals surface area contributed by atoms with Crippen molar-refractivity contribution in [3.05, 3.63) is 0 Å². The molecule has 2 saturated heterocycles. The fourth-order valence-electron chi connectivity index (χ4n) is 2.51. The first-order chi connectivity index (χ1) is 6.38. The third-order valence-corrected chi connectivity index (χ3v) is 2.97. The Morgan fingerprint density at radius 1 is 0.571 bits per heavy atom. The molecule has 80 valence electrons. The quantitative estimate of drug-likeness (QED) is 0.585. The molecule has 3 aliphatic rings. The van der Waals surface area contributed by atoms with Gasteiger partial charge in [-0.1, -0.05) is 0 Å². The number of hydrogen-bond donors (Lipinski definition) is 0. The van der Waals surface area contributed by atoms with Crippen LogP contribution in [0.1, 0.15) is 27.7 Å². The predicted octanol–water partition coefficient (Wildman–Crippen LogP) is 1.04. The van der Waals surface area contributed by atoms with Crippen LogP contribution < -0.4 is 0 Å². The Kier molecular flexibility index (Phi) is 1.51. The molecule has 1 saturated carbocycles. The fraction of sp³-hybridized carbons (Fsp3) is 1.00. The summed E-state index contributed by atoms with van der Waals surface area (Å²) in [5.41, 5.74) is 0. The van der Waals surface area contributed by atoms with Crippen molar-refractivity contribution in [1.29, 1.82) is 0 Å². The SMILES string of the molecule is CC1(C)OC2C(O1)C1OC(C)(C)OC21. The summed E-state index contributed by atoms with van der Waals surface area (Å²) in [5, 5.41) is 0. The molecule has 0 atom stereocenters. The largest absolute Gasteiger partial charge is 0.342 e.